The van der Waals surface area contributed by atoms with Crippen LogP contribution in [0.3, 0.4) is 0 Å². The largest absolute Gasteiger partial charge is 0.481 e. The predicted octanol–water partition coefficient (Wildman–Crippen LogP) is 5.13. The van der Waals surface area contributed by atoms with Gasteiger partial charge in [-0.1, -0.05) is 41.9 Å². The molecule has 192 valence electrons. The standard InChI is InChI=1S/C22H25ClN4S.C4H6O4/c1-2-25-22-27-20(14-28-22)17-5-3-15(4-6-17)13-26-21-18-10-12-24-11-9-16(18)7-8-19(21)23;5-3(6)1-2-4(7)8/h3-8,14,24,26H,2,9-13H2,1H3,(H,25,27);1-2H2,(H,5,6)(H,7,8). The van der Waals surface area contributed by atoms with Gasteiger partial charge in [-0.15, -0.1) is 11.3 Å². The molecule has 0 unspecified atom stereocenters. The van der Waals surface area contributed by atoms with Crippen molar-refractivity contribution in [2.24, 2.45) is 0 Å². The minimum atomic E-state index is -1.08. The third-order valence-corrected chi connectivity index (χ3v) is 6.70. The summed E-state index contributed by atoms with van der Waals surface area (Å²) in [5.41, 5.74) is 7.22. The maximum atomic E-state index is 9.64. The second-order valence-electron chi connectivity index (χ2n) is 8.22. The van der Waals surface area contributed by atoms with Gasteiger partial charge in [-0.2, -0.15) is 0 Å². The monoisotopic (exact) mass is 530 g/mol. The van der Waals surface area contributed by atoms with Gasteiger partial charge >= 0.3 is 11.9 Å². The average Bonchev–Trinajstić information content (AvgIpc) is 3.19. The topological polar surface area (TPSA) is 124 Å². The number of thiazole rings is 1. The molecule has 0 fully saturated rings. The molecular formula is C26H31ClN4O4S. The number of aromatic nitrogens is 1. The summed E-state index contributed by atoms with van der Waals surface area (Å²) in [6.45, 7) is 5.75. The van der Waals surface area contributed by atoms with Crippen molar-refractivity contribution in [1.82, 2.24) is 10.3 Å². The average molecular weight is 531 g/mol. The van der Waals surface area contributed by atoms with Gasteiger partial charge in [-0.05, 0) is 55.6 Å². The van der Waals surface area contributed by atoms with Crippen molar-refractivity contribution in [2.75, 3.05) is 30.3 Å². The highest BCUT2D eigenvalue weighted by atomic mass is 35.5. The Morgan fingerprint density at radius 1 is 1.03 bits per heavy atom. The number of hydrogen-bond donors (Lipinski definition) is 5. The van der Waals surface area contributed by atoms with Crippen LogP contribution in [0.4, 0.5) is 10.8 Å². The molecule has 0 spiro atoms. The molecule has 1 aliphatic heterocycles. The zero-order valence-electron chi connectivity index (χ0n) is 20.1. The number of carboxylic acid groups (broad SMARTS) is 2. The Morgan fingerprint density at radius 3 is 2.39 bits per heavy atom. The van der Waals surface area contributed by atoms with Crippen LogP contribution in [0.25, 0.3) is 11.3 Å². The Morgan fingerprint density at radius 2 is 1.72 bits per heavy atom. The molecule has 0 saturated carbocycles. The molecule has 0 radical (unpaired) electrons. The van der Waals surface area contributed by atoms with Crippen molar-refractivity contribution in [3.63, 3.8) is 0 Å². The van der Waals surface area contributed by atoms with Crippen LogP contribution in [-0.2, 0) is 29.0 Å². The van der Waals surface area contributed by atoms with Crippen molar-refractivity contribution in [2.45, 2.75) is 39.2 Å². The summed E-state index contributed by atoms with van der Waals surface area (Å²) in [7, 11) is 0. The molecule has 5 N–H and O–H groups in total. The minimum absolute atomic E-state index is 0.296. The van der Waals surface area contributed by atoms with E-state index < -0.39 is 11.9 Å². The Bertz CT molecular complexity index is 1150. The van der Waals surface area contributed by atoms with Crippen LogP contribution < -0.4 is 16.0 Å². The first-order valence-corrected chi connectivity index (χ1v) is 13.1. The van der Waals surface area contributed by atoms with Crippen molar-refractivity contribution < 1.29 is 19.8 Å². The van der Waals surface area contributed by atoms with Gasteiger partial charge in [0.15, 0.2) is 5.13 Å². The number of nitrogens with zero attached hydrogens (tertiary/aromatic N) is 1. The van der Waals surface area contributed by atoms with Crippen LogP contribution in [0.5, 0.6) is 0 Å². The van der Waals surface area contributed by atoms with Crippen molar-refractivity contribution in [1.29, 1.82) is 0 Å². The van der Waals surface area contributed by atoms with Gasteiger partial charge in [0.05, 0.1) is 29.2 Å². The predicted molar refractivity (Wildman–Crippen MR) is 145 cm³/mol. The summed E-state index contributed by atoms with van der Waals surface area (Å²) in [6, 6.07) is 12.8. The molecule has 0 atom stereocenters. The van der Waals surface area contributed by atoms with Gasteiger partial charge in [0.2, 0.25) is 0 Å². The Labute approximate surface area is 219 Å². The molecule has 0 aliphatic carbocycles. The Balaban J connectivity index is 0.000000392. The van der Waals surface area contributed by atoms with E-state index in [1.807, 2.05) is 6.07 Å². The third kappa shape index (κ3) is 8.22. The number of hydrogen-bond acceptors (Lipinski definition) is 7. The number of rotatable bonds is 9. The van der Waals surface area contributed by atoms with Gasteiger partial charge < -0.3 is 26.2 Å². The number of halogens is 1. The van der Waals surface area contributed by atoms with Crippen molar-refractivity contribution in [3.05, 3.63) is 63.5 Å². The molecule has 2 heterocycles. The summed E-state index contributed by atoms with van der Waals surface area (Å²) in [5, 5.41) is 30.0. The van der Waals surface area contributed by atoms with Crippen LogP contribution in [0.2, 0.25) is 5.02 Å². The first kappa shape index (κ1) is 27.4. The van der Waals surface area contributed by atoms with Crippen LogP contribution in [0, 0.1) is 0 Å². The molecule has 3 aromatic rings. The molecule has 4 rings (SSSR count). The first-order valence-electron chi connectivity index (χ1n) is 11.8. The summed E-state index contributed by atoms with van der Waals surface area (Å²) < 4.78 is 0. The number of carbonyl (C=O) groups is 2. The molecule has 1 aliphatic rings. The summed E-state index contributed by atoms with van der Waals surface area (Å²) in [4.78, 5) is 23.9. The fourth-order valence-electron chi connectivity index (χ4n) is 3.77. The van der Waals surface area contributed by atoms with E-state index in [2.05, 4.69) is 63.6 Å². The number of carboxylic acids is 2. The second kappa shape index (κ2) is 13.8. The summed E-state index contributed by atoms with van der Waals surface area (Å²) >= 11 is 8.16. The van der Waals surface area contributed by atoms with E-state index >= 15 is 0 Å². The Hall–Kier alpha value is -3.14. The van der Waals surface area contributed by atoms with E-state index in [1.54, 1.807) is 11.3 Å². The van der Waals surface area contributed by atoms with Crippen LogP contribution in [0.15, 0.2) is 41.8 Å². The third-order valence-electron chi connectivity index (χ3n) is 5.59. The smallest absolute Gasteiger partial charge is 0.303 e. The van der Waals surface area contributed by atoms with Crippen molar-refractivity contribution >= 4 is 45.7 Å². The number of nitrogens with one attached hydrogen (secondary N) is 3. The lowest BCUT2D eigenvalue weighted by atomic mass is 10.0. The van der Waals surface area contributed by atoms with E-state index in [-0.39, 0.29) is 12.8 Å². The van der Waals surface area contributed by atoms with Crippen molar-refractivity contribution in [3.8, 4) is 11.3 Å². The minimum Gasteiger partial charge on any atom is -0.481 e. The molecule has 0 amide bonds. The number of anilines is 2. The van der Waals surface area contributed by atoms with Gasteiger partial charge in [0.25, 0.3) is 0 Å². The molecule has 36 heavy (non-hydrogen) atoms. The fraction of sp³-hybridized carbons (Fsp3) is 0.346. The molecule has 8 nitrogen and oxygen atoms in total. The number of aliphatic carboxylic acids is 2. The molecule has 0 bridgehead atoms. The maximum Gasteiger partial charge on any atom is 0.303 e. The van der Waals surface area contributed by atoms with E-state index in [0.29, 0.717) is 0 Å². The highest BCUT2D eigenvalue weighted by Gasteiger charge is 2.14. The van der Waals surface area contributed by atoms with Gasteiger partial charge in [0.1, 0.15) is 0 Å². The quantitative estimate of drug-likeness (QED) is 0.258. The summed E-state index contributed by atoms with van der Waals surface area (Å²) in [5.74, 6) is -2.15. The summed E-state index contributed by atoms with van der Waals surface area (Å²) in [6.07, 6.45) is 1.47. The zero-order chi connectivity index (χ0) is 25.9. The van der Waals surface area contributed by atoms with Crippen LogP contribution >= 0.6 is 22.9 Å². The first-order chi connectivity index (χ1) is 17.4. The van der Waals surface area contributed by atoms with E-state index in [1.165, 1.54) is 16.7 Å². The maximum absolute atomic E-state index is 9.64. The number of benzene rings is 2. The van der Waals surface area contributed by atoms with Gasteiger partial charge in [0, 0.05) is 24.0 Å². The SMILES string of the molecule is CCNc1nc(-c2ccc(CNc3c(Cl)ccc4c3CCNCC4)cc2)cs1.O=C(O)CCC(=O)O. The second-order valence-corrected chi connectivity index (χ2v) is 9.48. The molecule has 10 heteroatoms. The molecule has 1 aromatic heterocycles. The zero-order valence-corrected chi connectivity index (χ0v) is 21.7. The fourth-order valence-corrected chi connectivity index (χ4v) is 4.81. The Kier molecular flexibility index (Phi) is 10.5. The number of fused-ring (bicyclic) bond motifs is 1. The van der Waals surface area contributed by atoms with E-state index in [4.69, 9.17) is 21.8 Å². The van der Waals surface area contributed by atoms with Gasteiger partial charge in [-0.25, -0.2) is 4.98 Å². The van der Waals surface area contributed by atoms with Gasteiger partial charge in [-0.3, -0.25) is 9.59 Å². The normalized spacial score (nSPS) is 12.5. The van der Waals surface area contributed by atoms with Crippen LogP contribution in [-0.4, -0.2) is 46.8 Å². The lowest BCUT2D eigenvalue weighted by molar-refractivity contribution is -0.143. The lowest BCUT2D eigenvalue weighted by Gasteiger charge is -2.16. The molecular weight excluding hydrogens is 500 g/mol. The lowest BCUT2D eigenvalue weighted by Crippen LogP contribution is -2.16. The van der Waals surface area contributed by atoms with Crippen LogP contribution in [0.1, 0.15) is 36.5 Å². The van der Waals surface area contributed by atoms with E-state index in [0.717, 1.165) is 66.1 Å². The highest BCUT2D eigenvalue weighted by molar-refractivity contribution is 7.14. The highest BCUT2D eigenvalue weighted by Crippen LogP contribution is 2.31. The van der Waals surface area contributed by atoms with E-state index in [9.17, 15) is 9.59 Å². The molecule has 2 aromatic carbocycles. The molecule has 0 saturated heterocycles.